The van der Waals surface area contributed by atoms with Crippen LogP contribution in [0.25, 0.3) is 0 Å². The van der Waals surface area contributed by atoms with Gasteiger partial charge in [-0.2, -0.15) is 5.11 Å². The molecule has 5 N–H and O–H groups in total. The number of aliphatic hydroxyl groups excluding tert-OH is 1. The Morgan fingerprint density at radius 3 is 2.75 bits per heavy atom. The molecule has 8 heteroatoms. The molecule has 1 unspecified atom stereocenters. The van der Waals surface area contributed by atoms with Crippen LogP contribution in [-0.2, 0) is 0 Å². The molecule has 0 aliphatic carbocycles. The monoisotopic (exact) mass is 397 g/mol. The lowest BCUT2D eigenvalue weighted by molar-refractivity contribution is 0.199. The summed E-state index contributed by atoms with van der Waals surface area (Å²) in [4.78, 5) is 0. The van der Waals surface area contributed by atoms with Gasteiger partial charge in [-0.1, -0.05) is 0 Å². The van der Waals surface area contributed by atoms with Crippen LogP contribution in [0.5, 0.6) is 0 Å². The summed E-state index contributed by atoms with van der Waals surface area (Å²) >= 11 is 3.37. The van der Waals surface area contributed by atoms with Crippen LogP contribution >= 0.6 is 15.9 Å². The highest BCUT2D eigenvalue weighted by Crippen LogP contribution is 2.27. The van der Waals surface area contributed by atoms with E-state index in [4.69, 9.17) is 10.9 Å². The molecule has 1 rings (SSSR count). The van der Waals surface area contributed by atoms with Gasteiger partial charge in [0, 0.05) is 41.7 Å². The van der Waals surface area contributed by atoms with Gasteiger partial charge in [0.25, 0.3) is 0 Å². The number of nitrogens with one attached hydrogen (secondary N) is 4. The van der Waals surface area contributed by atoms with Crippen molar-refractivity contribution in [2.75, 3.05) is 11.9 Å². The zero-order valence-electron chi connectivity index (χ0n) is 13.5. The molecule has 6 nitrogen and oxygen atoms in total. The van der Waals surface area contributed by atoms with Crippen molar-refractivity contribution in [3.05, 3.63) is 51.7 Å². The molecule has 0 saturated heterocycles. The van der Waals surface area contributed by atoms with E-state index in [0.29, 0.717) is 40.1 Å². The second kappa shape index (κ2) is 9.94. The average Bonchev–Trinajstić information content (AvgIpc) is 2.54. The molecule has 0 heterocycles. The summed E-state index contributed by atoms with van der Waals surface area (Å²) in [5, 5.41) is 26.7. The fraction of sp³-hybridized carbons (Fsp3) is 0.312. The number of anilines is 1. The first-order chi connectivity index (χ1) is 11.4. The summed E-state index contributed by atoms with van der Waals surface area (Å²) in [7, 11) is 0. The van der Waals surface area contributed by atoms with Crippen molar-refractivity contribution in [3.8, 4) is 0 Å². The number of hydrogen-bond donors (Lipinski definition) is 5. The predicted octanol–water partition coefficient (Wildman–Crippen LogP) is 4.42. The van der Waals surface area contributed by atoms with Crippen molar-refractivity contribution in [2.24, 2.45) is 5.11 Å². The summed E-state index contributed by atoms with van der Waals surface area (Å²) in [6.07, 6.45) is 1.96. The van der Waals surface area contributed by atoms with Crippen molar-refractivity contribution in [2.45, 2.75) is 26.4 Å². The molecule has 0 radical (unpaired) electrons. The Hall–Kier alpha value is -2.06. The van der Waals surface area contributed by atoms with E-state index in [1.165, 1.54) is 30.6 Å². The third-order valence-corrected chi connectivity index (χ3v) is 3.94. The van der Waals surface area contributed by atoms with Crippen LogP contribution in [-0.4, -0.2) is 17.9 Å². The number of hydrogen-bond acceptors (Lipinski definition) is 6. The van der Waals surface area contributed by atoms with Gasteiger partial charge in [0.15, 0.2) is 0 Å². The van der Waals surface area contributed by atoms with Gasteiger partial charge in [-0.25, -0.2) is 9.92 Å². The number of halogens is 2. The Kier molecular flexibility index (Phi) is 8.28. The Morgan fingerprint density at radius 1 is 1.50 bits per heavy atom. The number of aliphatic hydroxyl groups is 1. The van der Waals surface area contributed by atoms with Gasteiger partial charge in [0.05, 0.1) is 16.9 Å². The Bertz CT molecular complexity index is 658. The molecule has 0 bridgehead atoms. The fourth-order valence-electron chi connectivity index (χ4n) is 2.03. The molecule has 0 fully saturated rings. The van der Waals surface area contributed by atoms with E-state index in [-0.39, 0.29) is 0 Å². The maximum Gasteiger partial charge on any atom is 0.123 e. The van der Waals surface area contributed by atoms with Crippen molar-refractivity contribution >= 4 is 27.8 Å². The van der Waals surface area contributed by atoms with Crippen molar-refractivity contribution in [3.63, 3.8) is 0 Å². The van der Waals surface area contributed by atoms with E-state index in [1.54, 1.807) is 6.92 Å². The topological polar surface area (TPSA) is 104 Å². The standard InChI is InChI=1S/C16H21BrFN5O/c1-3-21-16(17)11(8-19)6-13(9-22-20)23-15-5-4-12(18)7-14(15)10(2)24/h4-5,7-10,19-21,23-24H,3,6H2,1-2H3/b13-9-,16-11-,19-8?,22-20?. The highest BCUT2D eigenvalue weighted by atomic mass is 79.9. The van der Waals surface area contributed by atoms with Crippen LogP contribution < -0.4 is 10.6 Å². The van der Waals surface area contributed by atoms with E-state index in [1.807, 2.05) is 6.92 Å². The molecule has 0 saturated carbocycles. The van der Waals surface area contributed by atoms with Crippen molar-refractivity contribution < 1.29 is 9.50 Å². The van der Waals surface area contributed by atoms with Crippen LogP contribution in [0.1, 0.15) is 31.9 Å². The van der Waals surface area contributed by atoms with E-state index in [9.17, 15) is 9.50 Å². The minimum absolute atomic E-state index is 0.302. The van der Waals surface area contributed by atoms with Gasteiger partial charge < -0.3 is 21.1 Å². The zero-order valence-corrected chi connectivity index (χ0v) is 15.1. The zero-order chi connectivity index (χ0) is 18.1. The molecular formula is C16H21BrFN5O. The first-order valence-electron chi connectivity index (χ1n) is 7.36. The lowest BCUT2D eigenvalue weighted by atomic mass is 10.1. The Labute approximate surface area is 149 Å². The van der Waals surface area contributed by atoms with Gasteiger partial charge in [-0.15, -0.1) is 0 Å². The van der Waals surface area contributed by atoms with Gasteiger partial charge in [0.2, 0.25) is 0 Å². The van der Waals surface area contributed by atoms with Crippen LogP contribution in [0.2, 0.25) is 0 Å². The van der Waals surface area contributed by atoms with Gasteiger partial charge in [-0.3, -0.25) is 0 Å². The van der Waals surface area contributed by atoms with Crippen LogP contribution in [0.3, 0.4) is 0 Å². The molecule has 0 amide bonds. The molecule has 1 aromatic carbocycles. The maximum absolute atomic E-state index is 13.4. The first-order valence-corrected chi connectivity index (χ1v) is 8.15. The number of benzene rings is 1. The smallest absolute Gasteiger partial charge is 0.123 e. The molecule has 1 atom stereocenters. The predicted molar refractivity (Wildman–Crippen MR) is 96.9 cm³/mol. The van der Waals surface area contributed by atoms with Crippen LogP contribution in [0.15, 0.2) is 45.4 Å². The second-order valence-electron chi connectivity index (χ2n) is 5.01. The van der Waals surface area contributed by atoms with Gasteiger partial charge in [0.1, 0.15) is 5.82 Å². The summed E-state index contributed by atoms with van der Waals surface area (Å²) < 4.78 is 14.1. The third kappa shape index (κ3) is 5.86. The fourth-order valence-corrected chi connectivity index (χ4v) is 2.57. The molecule has 0 aliphatic heterocycles. The van der Waals surface area contributed by atoms with E-state index in [2.05, 4.69) is 31.7 Å². The first kappa shape index (κ1) is 20.0. The average molecular weight is 398 g/mol. The van der Waals surface area contributed by atoms with Crippen LogP contribution in [0, 0.1) is 16.8 Å². The summed E-state index contributed by atoms with van der Waals surface area (Å²) in [6, 6.07) is 4.05. The molecule has 0 spiro atoms. The molecule has 0 aliphatic rings. The van der Waals surface area contributed by atoms with Gasteiger partial charge in [-0.05, 0) is 48.0 Å². The largest absolute Gasteiger partial charge is 0.389 e. The summed E-state index contributed by atoms with van der Waals surface area (Å²) in [5.41, 5.74) is 9.17. The van der Waals surface area contributed by atoms with Crippen LogP contribution in [0.4, 0.5) is 10.1 Å². The summed E-state index contributed by atoms with van der Waals surface area (Å²) in [6.45, 7) is 4.17. The number of rotatable bonds is 9. The van der Waals surface area contributed by atoms with E-state index >= 15 is 0 Å². The van der Waals surface area contributed by atoms with E-state index in [0.717, 1.165) is 0 Å². The maximum atomic E-state index is 13.4. The molecule has 24 heavy (non-hydrogen) atoms. The normalized spacial score (nSPS) is 13.8. The molecule has 0 aromatic heterocycles. The lowest BCUT2D eigenvalue weighted by Gasteiger charge is -2.17. The quantitative estimate of drug-likeness (QED) is 0.242. The highest BCUT2D eigenvalue weighted by molar-refractivity contribution is 9.11. The summed E-state index contributed by atoms with van der Waals surface area (Å²) in [5.74, 6) is -0.442. The number of allylic oxidation sites excluding steroid dienone is 1. The third-order valence-electron chi connectivity index (χ3n) is 3.15. The Morgan fingerprint density at radius 2 is 2.21 bits per heavy atom. The minimum Gasteiger partial charge on any atom is -0.389 e. The van der Waals surface area contributed by atoms with Crippen molar-refractivity contribution in [1.82, 2.24) is 5.32 Å². The highest BCUT2D eigenvalue weighted by Gasteiger charge is 2.12. The van der Waals surface area contributed by atoms with Crippen molar-refractivity contribution in [1.29, 1.82) is 10.9 Å². The molecule has 130 valence electrons. The van der Waals surface area contributed by atoms with E-state index < -0.39 is 11.9 Å². The number of nitrogens with zero attached hydrogens (tertiary/aromatic N) is 1. The Balaban J connectivity index is 3.12. The SMILES string of the molecule is CCN/C(Br)=C(\C=N)C/C(=C/N=N)Nc1ccc(F)cc1C(C)O. The van der Waals surface area contributed by atoms with Gasteiger partial charge >= 0.3 is 0 Å². The molecular weight excluding hydrogens is 377 g/mol. The molecule has 1 aromatic rings. The second-order valence-corrected chi connectivity index (χ2v) is 5.80. The lowest BCUT2D eigenvalue weighted by Crippen LogP contribution is -2.12. The minimum atomic E-state index is -0.858.